The third-order valence-corrected chi connectivity index (χ3v) is 4.76. The molecule has 3 rings (SSSR count). The molecule has 2 aromatic rings. The van der Waals surface area contributed by atoms with E-state index >= 15 is 0 Å². The number of nitrogens with zero attached hydrogens (tertiary/aromatic N) is 1. The first kappa shape index (κ1) is 22.2. The molecule has 0 spiro atoms. The number of hydrogen-bond acceptors (Lipinski definition) is 7. The molecule has 1 aliphatic heterocycles. The van der Waals surface area contributed by atoms with E-state index in [2.05, 4.69) is 5.32 Å². The number of rotatable bonds is 8. The maximum atomic E-state index is 12.2. The number of carbonyl (C=O) groups excluding carboxylic acids is 3. The summed E-state index contributed by atoms with van der Waals surface area (Å²) in [5.41, 5.74) is 0.901. The van der Waals surface area contributed by atoms with Crippen molar-refractivity contribution in [3.8, 4) is 17.2 Å². The quantitative estimate of drug-likeness (QED) is 0.619. The molecule has 10 heteroatoms. The van der Waals surface area contributed by atoms with Crippen LogP contribution < -0.4 is 24.4 Å². The van der Waals surface area contributed by atoms with Crippen molar-refractivity contribution in [2.24, 2.45) is 0 Å². The standard InChI is InChI=1S/C21H21ClN2O7/c1-28-17-10-18(29-2)14(9-13(17)22)23-19(25)11-31-21(27)7-8-24-15-5-3-4-6-16(15)30-12-20(24)26/h3-6,9-10H,7-8,11-12H2,1-2H3,(H,23,25). The fourth-order valence-electron chi connectivity index (χ4n) is 2.96. The number of hydrogen-bond donors (Lipinski definition) is 1. The highest BCUT2D eigenvalue weighted by Crippen LogP contribution is 2.36. The normalized spacial score (nSPS) is 12.5. The minimum absolute atomic E-state index is 0.0783. The first-order valence-corrected chi connectivity index (χ1v) is 9.70. The van der Waals surface area contributed by atoms with Crippen LogP contribution in [0.4, 0.5) is 11.4 Å². The Kier molecular flexibility index (Phi) is 7.19. The van der Waals surface area contributed by atoms with Gasteiger partial charge in [-0.15, -0.1) is 0 Å². The lowest BCUT2D eigenvalue weighted by molar-refractivity contribution is -0.147. The topological polar surface area (TPSA) is 103 Å². The summed E-state index contributed by atoms with van der Waals surface area (Å²) in [4.78, 5) is 37.8. The lowest BCUT2D eigenvalue weighted by atomic mass is 10.2. The Morgan fingerprint density at radius 3 is 2.65 bits per heavy atom. The SMILES string of the molecule is COc1cc(OC)c(NC(=O)COC(=O)CCN2C(=O)COc3ccccc32)cc1Cl. The number of para-hydroxylation sites is 2. The monoisotopic (exact) mass is 448 g/mol. The van der Waals surface area contributed by atoms with Gasteiger partial charge in [-0.25, -0.2) is 0 Å². The molecule has 0 bridgehead atoms. The second-order valence-corrected chi connectivity index (χ2v) is 6.85. The van der Waals surface area contributed by atoms with Gasteiger partial charge in [0.1, 0.15) is 17.2 Å². The van der Waals surface area contributed by atoms with Crippen molar-refractivity contribution in [2.45, 2.75) is 6.42 Å². The van der Waals surface area contributed by atoms with Crippen molar-refractivity contribution < 1.29 is 33.3 Å². The summed E-state index contributed by atoms with van der Waals surface area (Å²) in [6.45, 7) is -0.485. The highest BCUT2D eigenvalue weighted by Gasteiger charge is 2.25. The Hall–Kier alpha value is -3.46. The summed E-state index contributed by atoms with van der Waals surface area (Å²) < 4.78 is 20.7. The van der Waals surface area contributed by atoms with Crippen molar-refractivity contribution in [1.29, 1.82) is 0 Å². The molecule has 1 N–H and O–H groups in total. The van der Waals surface area contributed by atoms with Crippen LogP contribution in [0.3, 0.4) is 0 Å². The van der Waals surface area contributed by atoms with E-state index in [0.717, 1.165) is 0 Å². The number of anilines is 2. The number of nitrogens with one attached hydrogen (secondary N) is 1. The number of benzene rings is 2. The van der Waals surface area contributed by atoms with Crippen molar-refractivity contribution >= 4 is 40.8 Å². The van der Waals surface area contributed by atoms with Crippen LogP contribution in [0.5, 0.6) is 17.2 Å². The minimum atomic E-state index is -0.619. The molecule has 1 aliphatic rings. The minimum Gasteiger partial charge on any atom is -0.495 e. The van der Waals surface area contributed by atoms with E-state index in [1.807, 2.05) is 0 Å². The van der Waals surface area contributed by atoms with E-state index in [0.29, 0.717) is 28.6 Å². The molecule has 0 atom stereocenters. The van der Waals surface area contributed by atoms with Gasteiger partial charge in [0, 0.05) is 12.6 Å². The molecular formula is C21H21ClN2O7. The Labute approximate surface area is 183 Å². The maximum Gasteiger partial charge on any atom is 0.308 e. The molecule has 0 unspecified atom stereocenters. The zero-order chi connectivity index (χ0) is 22.4. The summed E-state index contributed by atoms with van der Waals surface area (Å²) >= 11 is 6.07. The van der Waals surface area contributed by atoms with Gasteiger partial charge in [0.2, 0.25) is 0 Å². The zero-order valence-electron chi connectivity index (χ0n) is 17.0. The second kappa shape index (κ2) is 10.0. The number of halogens is 1. The molecule has 0 radical (unpaired) electrons. The van der Waals surface area contributed by atoms with Gasteiger partial charge in [0.15, 0.2) is 13.2 Å². The van der Waals surface area contributed by atoms with Crippen LogP contribution in [0.15, 0.2) is 36.4 Å². The molecule has 0 saturated carbocycles. The Bertz CT molecular complexity index is 996. The maximum absolute atomic E-state index is 12.2. The highest BCUT2D eigenvalue weighted by atomic mass is 35.5. The number of ether oxygens (including phenoxy) is 4. The Morgan fingerprint density at radius 2 is 1.90 bits per heavy atom. The van der Waals surface area contributed by atoms with Crippen molar-refractivity contribution in [3.63, 3.8) is 0 Å². The largest absolute Gasteiger partial charge is 0.495 e. The van der Waals surface area contributed by atoms with Crippen molar-refractivity contribution in [1.82, 2.24) is 0 Å². The molecule has 164 valence electrons. The Balaban J connectivity index is 1.52. The average Bonchev–Trinajstić information content (AvgIpc) is 2.77. The summed E-state index contributed by atoms with van der Waals surface area (Å²) in [6, 6.07) is 10.1. The van der Waals surface area contributed by atoms with Gasteiger partial charge in [-0.1, -0.05) is 23.7 Å². The molecule has 31 heavy (non-hydrogen) atoms. The molecular weight excluding hydrogens is 428 g/mol. The molecule has 9 nitrogen and oxygen atoms in total. The first-order chi connectivity index (χ1) is 14.9. The molecule has 2 aromatic carbocycles. The first-order valence-electron chi connectivity index (χ1n) is 9.32. The van der Waals surface area contributed by atoms with Gasteiger partial charge in [0.25, 0.3) is 11.8 Å². The lowest BCUT2D eigenvalue weighted by Crippen LogP contribution is -2.40. The van der Waals surface area contributed by atoms with Gasteiger partial charge < -0.3 is 29.2 Å². The lowest BCUT2D eigenvalue weighted by Gasteiger charge is -2.28. The summed E-state index contributed by atoms with van der Waals surface area (Å²) in [6.07, 6.45) is -0.0783. The molecule has 0 aliphatic carbocycles. The third-order valence-electron chi connectivity index (χ3n) is 4.46. The van der Waals surface area contributed by atoms with E-state index < -0.39 is 18.5 Å². The predicted molar refractivity (Wildman–Crippen MR) is 113 cm³/mol. The van der Waals surface area contributed by atoms with Crippen LogP contribution >= 0.6 is 11.6 Å². The Morgan fingerprint density at radius 1 is 1.16 bits per heavy atom. The fraction of sp³-hybridized carbons (Fsp3) is 0.286. The molecule has 0 fully saturated rings. The van der Waals surface area contributed by atoms with Crippen LogP contribution in [0.25, 0.3) is 0 Å². The van der Waals surface area contributed by atoms with Gasteiger partial charge in [-0.2, -0.15) is 0 Å². The van der Waals surface area contributed by atoms with Crippen molar-refractivity contribution in [2.75, 3.05) is 44.2 Å². The number of carbonyl (C=O) groups is 3. The van der Waals surface area contributed by atoms with Crippen LogP contribution in [0.1, 0.15) is 6.42 Å². The summed E-state index contributed by atoms with van der Waals surface area (Å²) in [5, 5.41) is 2.86. The zero-order valence-corrected chi connectivity index (χ0v) is 17.7. The van der Waals surface area contributed by atoms with Gasteiger partial charge in [-0.05, 0) is 18.2 Å². The summed E-state index contributed by atoms with van der Waals surface area (Å²) in [7, 11) is 2.89. The van der Waals surface area contributed by atoms with E-state index in [9.17, 15) is 14.4 Å². The molecule has 0 saturated heterocycles. The molecule has 0 aromatic heterocycles. The van der Waals surface area contributed by atoms with Crippen LogP contribution in [0, 0.1) is 0 Å². The molecule has 2 amide bonds. The van der Waals surface area contributed by atoms with E-state index in [-0.39, 0.29) is 30.5 Å². The van der Waals surface area contributed by atoms with E-state index in [4.69, 9.17) is 30.5 Å². The number of esters is 1. The fourth-order valence-corrected chi connectivity index (χ4v) is 3.21. The van der Waals surface area contributed by atoms with E-state index in [1.165, 1.54) is 31.3 Å². The highest BCUT2D eigenvalue weighted by molar-refractivity contribution is 6.32. The van der Waals surface area contributed by atoms with Gasteiger partial charge >= 0.3 is 5.97 Å². The van der Waals surface area contributed by atoms with E-state index in [1.54, 1.807) is 24.3 Å². The number of amides is 2. The average molecular weight is 449 g/mol. The van der Waals surface area contributed by atoms with Gasteiger partial charge in [0.05, 0.1) is 37.0 Å². The van der Waals surface area contributed by atoms with Crippen LogP contribution in [-0.4, -0.2) is 51.8 Å². The smallest absolute Gasteiger partial charge is 0.308 e. The summed E-state index contributed by atoms with van der Waals surface area (Å²) in [5.74, 6) is -0.144. The predicted octanol–water partition coefficient (Wildman–Crippen LogP) is 2.65. The van der Waals surface area contributed by atoms with Crippen LogP contribution in [0.2, 0.25) is 5.02 Å². The number of fused-ring (bicyclic) bond motifs is 1. The van der Waals surface area contributed by atoms with Gasteiger partial charge in [-0.3, -0.25) is 14.4 Å². The van der Waals surface area contributed by atoms with Crippen molar-refractivity contribution in [3.05, 3.63) is 41.4 Å². The number of methoxy groups -OCH3 is 2. The second-order valence-electron chi connectivity index (χ2n) is 6.45. The third kappa shape index (κ3) is 5.37. The molecule has 1 heterocycles. The van der Waals surface area contributed by atoms with Crippen LogP contribution in [-0.2, 0) is 19.1 Å².